The molecule has 0 bridgehead atoms. The molecule has 0 aromatic rings. The second kappa shape index (κ2) is 7.01. The number of ether oxygens (including phenoxy) is 1. The molecule has 0 saturated carbocycles. The van der Waals surface area contributed by atoms with Crippen LogP contribution in [0.25, 0.3) is 0 Å². The van der Waals surface area contributed by atoms with Crippen molar-refractivity contribution in [1.82, 2.24) is 0 Å². The second-order valence-electron chi connectivity index (χ2n) is 4.04. The summed E-state index contributed by atoms with van der Waals surface area (Å²) in [5.74, 6) is -0.524. The number of hydrogen-bond acceptors (Lipinski definition) is 4. The van der Waals surface area contributed by atoms with E-state index in [0.717, 1.165) is 0 Å². The molecule has 0 radical (unpaired) electrons. The summed E-state index contributed by atoms with van der Waals surface area (Å²) in [6, 6.07) is 0. The molecule has 0 amide bonds. The molecule has 0 heterocycles. The van der Waals surface area contributed by atoms with Crippen LogP contribution in [0.2, 0.25) is 0 Å². The Balaban J connectivity index is 4.19. The van der Waals surface area contributed by atoms with Crippen molar-refractivity contribution in [3.8, 4) is 0 Å². The van der Waals surface area contributed by atoms with Gasteiger partial charge in [-0.1, -0.05) is 0 Å². The molecule has 0 spiro atoms. The molecule has 98 valence electrons. The summed E-state index contributed by atoms with van der Waals surface area (Å²) < 4.78 is 17.8. The van der Waals surface area contributed by atoms with Crippen molar-refractivity contribution in [2.45, 2.75) is 32.2 Å². The van der Waals surface area contributed by atoms with Gasteiger partial charge in [-0.05, 0) is 26.3 Å². The standard InChI is InChI=1S/C11H20FN3O2/c1-8(13)15-7-5-9(12)4-6-11(2,14)10(16)17-3/h5H,4,6-7,14H2,1-3H3,(H2,13,15). The van der Waals surface area contributed by atoms with Crippen LogP contribution in [-0.2, 0) is 9.53 Å². The van der Waals surface area contributed by atoms with E-state index >= 15 is 0 Å². The van der Waals surface area contributed by atoms with Gasteiger partial charge in [0.25, 0.3) is 0 Å². The predicted octanol–water partition coefficient (Wildman–Crippen LogP) is 0.887. The van der Waals surface area contributed by atoms with Gasteiger partial charge in [-0.15, -0.1) is 0 Å². The highest BCUT2D eigenvalue weighted by molar-refractivity contribution is 5.79. The maximum absolute atomic E-state index is 13.3. The van der Waals surface area contributed by atoms with Crippen molar-refractivity contribution >= 4 is 11.8 Å². The van der Waals surface area contributed by atoms with Crippen molar-refractivity contribution in [2.75, 3.05) is 13.7 Å². The zero-order chi connectivity index (χ0) is 13.5. The summed E-state index contributed by atoms with van der Waals surface area (Å²) in [6.45, 7) is 3.32. The molecule has 0 aliphatic carbocycles. The molecular formula is C11H20FN3O2. The topological polar surface area (TPSA) is 90.7 Å². The normalized spacial score (nSPS) is 16.5. The van der Waals surface area contributed by atoms with Crippen LogP contribution in [0.15, 0.2) is 16.9 Å². The number of esters is 1. The Morgan fingerprint density at radius 2 is 2.18 bits per heavy atom. The van der Waals surface area contributed by atoms with Gasteiger partial charge >= 0.3 is 5.97 Å². The third-order valence-corrected chi connectivity index (χ3v) is 2.19. The number of aliphatic imine (C=N–C) groups is 1. The molecule has 6 heteroatoms. The monoisotopic (exact) mass is 245 g/mol. The van der Waals surface area contributed by atoms with Gasteiger partial charge in [-0.25, -0.2) is 4.39 Å². The molecule has 0 saturated heterocycles. The van der Waals surface area contributed by atoms with E-state index in [-0.39, 0.29) is 25.2 Å². The van der Waals surface area contributed by atoms with Gasteiger partial charge in [-0.3, -0.25) is 9.79 Å². The maximum atomic E-state index is 13.3. The van der Waals surface area contributed by atoms with Gasteiger partial charge in [0.2, 0.25) is 0 Å². The highest BCUT2D eigenvalue weighted by Crippen LogP contribution is 2.16. The summed E-state index contributed by atoms with van der Waals surface area (Å²) in [6.07, 6.45) is 1.55. The van der Waals surface area contributed by atoms with E-state index in [1.54, 1.807) is 6.92 Å². The third-order valence-electron chi connectivity index (χ3n) is 2.19. The van der Waals surface area contributed by atoms with E-state index in [2.05, 4.69) is 9.73 Å². The van der Waals surface area contributed by atoms with Gasteiger partial charge in [0.05, 0.1) is 25.3 Å². The van der Waals surface area contributed by atoms with Crippen molar-refractivity contribution in [3.05, 3.63) is 11.9 Å². The number of nitrogens with zero attached hydrogens (tertiary/aromatic N) is 1. The molecule has 0 aromatic heterocycles. The summed E-state index contributed by atoms with van der Waals surface area (Å²) in [4.78, 5) is 15.0. The Hall–Kier alpha value is -1.43. The number of carbonyl (C=O) groups is 1. The van der Waals surface area contributed by atoms with Gasteiger partial charge < -0.3 is 16.2 Å². The first-order chi connectivity index (χ1) is 7.79. The first-order valence-electron chi connectivity index (χ1n) is 5.28. The fourth-order valence-electron chi connectivity index (χ4n) is 1.11. The minimum Gasteiger partial charge on any atom is -0.468 e. The zero-order valence-corrected chi connectivity index (χ0v) is 10.5. The van der Waals surface area contributed by atoms with E-state index in [9.17, 15) is 9.18 Å². The quantitative estimate of drug-likeness (QED) is 0.413. The molecular weight excluding hydrogens is 225 g/mol. The third kappa shape index (κ3) is 6.68. The molecule has 5 nitrogen and oxygen atoms in total. The SMILES string of the molecule is COC(=O)C(C)(N)CCC(F)=CCN=C(C)N. The lowest BCUT2D eigenvalue weighted by Crippen LogP contribution is -2.45. The molecule has 0 aliphatic rings. The van der Waals surface area contributed by atoms with Gasteiger partial charge in [0, 0.05) is 6.42 Å². The molecule has 0 rings (SSSR count). The van der Waals surface area contributed by atoms with Crippen molar-refractivity contribution in [3.63, 3.8) is 0 Å². The molecule has 17 heavy (non-hydrogen) atoms. The Morgan fingerprint density at radius 1 is 1.59 bits per heavy atom. The van der Waals surface area contributed by atoms with Crippen LogP contribution in [0.3, 0.4) is 0 Å². The van der Waals surface area contributed by atoms with Crippen LogP contribution in [-0.4, -0.2) is 31.0 Å². The van der Waals surface area contributed by atoms with Crippen LogP contribution < -0.4 is 11.5 Å². The number of halogens is 1. The fraction of sp³-hybridized carbons (Fsp3) is 0.636. The zero-order valence-electron chi connectivity index (χ0n) is 10.5. The van der Waals surface area contributed by atoms with Gasteiger partial charge in [0.1, 0.15) is 5.54 Å². The van der Waals surface area contributed by atoms with Crippen LogP contribution in [0.4, 0.5) is 4.39 Å². The van der Waals surface area contributed by atoms with Crippen molar-refractivity contribution in [1.29, 1.82) is 0 Å². The summed E-state index contributed by atoms with van der Waals surface area (Å²) >= 11 is 0. The number of carbonyl (C=O) groups excluding carboxylic acids is 1. The summed E-state index contributed by atoms with van der Waals surface area (Å²) in [5.41, 5.74) is 9.80. The van der Waals surface area contributed by atoms with E-state index < -0.39 is 11.5 Å². The fourth-order valence-corrected chi connectivity index (χ4v) is 1.11. The molecule has 4 N–H and O–H groups in total. The molecule has 0 fully saturated rings. The highest BCUT2D eigenvalue weighted by atomic mass is 19.1. The predicted molar refractivity (Wildman–Crippen MR) is 65.2 cm³/mol. The van der Waals surface area contributed by atoms with Crippen LogP contribution in [0.1, 0.15) is 26.7 Å². The Bertz CT molecular complexity index is 321. The number of rotatable bonds is 6. The minimum absolute atomic E-state index is 0.0707. The summed E-state index contributed by atoms with van der Waals surface area (Å²) in [7, 11) is 1.25. The molecule has 0 aromatic carbocycles. The lowest BCUT2D eigenvalue weighted by Gasteiger charge is -2.20. The minimum atomic E-state index is -1.17. The Kier molecular flexibility index (Phi) is 6.42. The van der Waals surface area contributed by atoms with E-state index in [1.165, 1.54) is 20.1 Å². The van der Waals surface area contributed by atoms with Crippen molar-refractivity contribution < 1.29 is 13.9 Å². The van der Waals surface area contributed by atoms with Crippen LogP contribution in [0, 0.1) is 0 Å². The van der Waals surface area contributed by atoms with E-state index in [4.69, 9.17) is 11.5 Å². The van der Waals surface area contributed by atoms with Gasteiger partial charge in [-0.2, -0.15) is 0 Å². The Morgan fingerprint density at radius 3 is 2.65 bits per heavy atom. The Labute approximate surface area is 101 Å². The second-order valence-corrected chi connectivity index (χ2v) is 4.04. The highest BCUT2D eigenvalue weighted by Gasteiger charge is 2.29. The first kappa shape index (κ1) is 15.6. The van der Waals surface area contributed by atoms with Crippen LogP contribution in [0.5, 0.6) is 0 Å². The number of allylic oxidation sites excluding steroid dienone is 1. The maximum Gasteiger partial charge on any atom is 0.325 e. The number of methoxy groups -OCH3 is 1. The first-order valence-corrected chi connectivity index (χ1v) is 5.28. The van der Waals surface area contributed by atoms with Crippen LogP contribution >= 0.6 is 0 Å². The van der Waals surface area contributed by atoms with Gasteiger partial charge in [0.15, 0.2) is 0 Å². The average molecular weight is 245 g/mol. The summed E-state index contributed by atoms with van der Waals surface area (Å²) in [5, 5.41) is 0. The van der Waals surface area contributed by atoms with Crippen molar-refractivity contribution in [2.24, 2.45) is 16.5 Å². The van der Waals surface area contributed by atoms with E-state index in [1.807, 2.05) is 0 Å². The lowest BCUT2D eigenvalue weighted by atomic mass is 9.97. The number of amidine groups is 1. The lowest BCUT2D eigenvalue weighted by molar-refractivity contribution is -0.146. The smallest absolute Gasteiger partial charge is 0.325 e. The largest absolute Gasteiger partial charge is 0.468 e. The molecule has 1 unspecified atom stereocenters. The number of nitrogens with two attached hydrogens (primary N) is 2. The number of hydrogen-bond donors (Lipinski definition) is 2. The average Bonchev–Trinajstić information content (AvgIpc) is 2.24. The van der Waals surface area contributed by atoms with E-state index in [0.29, 0.717) is 5.84 Å². The molecule has 1 atom stereocenters. The molecule has 0 aliphatic heterocycles.